The summed E-state index contributed by atoms with van der Waals surface area (Å²) in [6.07, 6.45) is 25.0. The Kier molecular flexibility index (Phi) is 25.1. The summed E-state index contributed by atoms with van der Waals surface area (Å²) in [7, 11) is -1.15. The molecule has 0 aliphatic rings. The second-order valence-corrected chi connectivity index (χ2v) is 10.1. The summed E-state index contributed by atoms with van der Waals surface area (Å²) in [5.41, 5.74) is 0. The summed E-state index contributed by atoms with van der Waals surface area (Å²) in [5.74, 6) is 0. The maximum absolute atomic E-state index is 9.93. The molecule has 0 aromatic carbocycles. The summed E-state index contributed by atoms with van der Waals surface area (Å²) in [6, 6.07) is 0. The Labute approximate surface area is 179 Å². The van der Waals surface area contributed by atoms with Gasteiger partial charge in [0.15, 0.2) is 8.38 Å². The third-order valence-electron chi connectivity index (χ3n) is 4.97. The molecule has 0 heterocycles. The highest BCUT2D eigenvalue weighted by Crippen LogP contribution is 2.33. The molecule has 1 atom stereocenters. The van der Waals surface area contributed by atoms with Crippen molar-refractivity contribution in [1.82, 2.24) is 0 Å². The second kappa shape index (κ2) is 24.1. The van der Waals surface area contributed by atoms with Gasteiger partial charge >= 0.3 is 0 Å². The van der Waals surface area contributed by atoms with Crippen molar-refractivity contribution in [3.8, 4) is 0 Å². The predicted octanol–water partition coefficient (Wildman–Crippen LogP) is 8.78. The van der Waals surface area contributed by atoms with Gasteiger partial charge in [-0.3, -0.25) is 0 Å². The van der Waals surface area contributed by atoms with Crippen molar-refractivity contribution >= 4 is 31.0 Å². The monoisotopic (exact) mass is 500 g/mol. The number of hydrogen-bond acceptors (Lipinski definition) is 2. The van der Waals surface area contributed by atoms with Gasteiger partial charge in [-0.15, -0.1) is 0 Å². The lowest BCUT2D eigenvalue weighted by Gasteiger charge is -2.10. The van der Waals surface area contributed by atoms with Gasteiger partial charge in [0.2, 0.25) is 0 Å². The zero-order chi connectivity index (χ0) is 19.1. The van der Waals surface area contributed by atoms with Crippen LogP contribution < -0.4 is 0 Å². The average molecular weight is 500 g/mol. The quantitative estimate of drug-likeness (QED) is 0.0697. The molecule has 2 nitrogen and oxygen atoms in total. The lowest BCUT2D eigenvalue weighted by molar-refractivity contribution is 0.297. The van der Waals surface area contributed by atoms with Gasteiger partial charge in [-0.05, 0) is 23.7 Å². The van der Waals surface area contributed by atoms with Crippen molar-refractivity contribution in [3.63, 3.8) is 0 Å². The van der Waals surface area contributed by atoms with E-state index in [0.717, 1.165) is 25.6 Å². The van der Waals surface area contributed by atoms with Crippen LogP contribution in [0.4, 0.5) is 0 Å². The topological polar surface area (TPSA) is 29.5 Å². The van der Waals surface area contributed by atoms with E-state index in [1.807, 2.05) is 0 Å². The first-order chi connectivity index (χ1) is 12.8. The fourth-order valence-corrected chi connectivity index (χ4v) is 4.73. The summed E-state index contributed by atoms with van der Waals surface area (Å²) in [4.78, 5) is 9.93. The van der Waals surface area contributed by atoms with Crippen molar-refractivity contribution in [2.75, 3.05) is 17.2 Å². The van der Waals surface area contributed by atoms with Gasteiger partial charge < -0.3 is 9.42 Å². The first-order valence-electron chi connectivity index (χ1n) is 11.5. The third-order valence-corrected chi connectivity index (χ3v) is 6.91. The Morgan fingerprint density at radius 2 is 1.04 bits per heavy atom. The van der Waals surface area contributed by atoms with Crippen LogP contribution in [0, 0.1) is 0 Å². The molecule has 0 amide bonds. The predicted molar refractivity (Wildman–Crippen MR) is 128 cm³/mol. The maximum Gasteiger partial charge on any atom is 0.167 e. The van der Waals surface area contributed by atoms with Gasteiger partial charge in [0.05, 0.1) is 6.61 Å². The number of halogens is 1. The molecule has 0 bridgehead atoms. The molecule has 0 aromatic rings. The molecule has 158 valence electrons. The van der Waals surface area contributed by atoms with Gasteiger partial charge in [-0.1, -0.05) is 126 Å². The summed E-state index contributed by atoms with van der Waals surface area (Å²) < 4.78 is 6.91. The van der Waals surface area contributed by atoms with Gasteiger partial charge in [-0.2, -0.15) is 0 Å². The first kappa shape index (κ1) is 27.1. The molecule has 0 aliphatic heterocycles. The molecule has 0 saturated heterocycles. The van der Waals surface area contributed by atoms with Crippen LogP contribution in [-0.2, 0) is 4.52 Å². The van der Waals surface area contributed by atoms with Crippen LogP contribution in [0.1, 0.15) is 122 Å². The van der Waals surface area contributed by atoms with Crippen LogP contribution in [0.15, 0.2) is 0 Å². The average Bonchev–Trinajstić information content (AvgIpc) is 2.64. The van der Waals surface area contributed by atoms with Crippen molar-refractivity contribution in [2.24, 2.45) is 0 Å². The van der Waals surface area contributed by atoms with Crippen LogP contribution in [0.2, 0.25) is 0 Å². The maximum atomic E-state index is 9.93. The molecule has 1 N–H and O–H groups in total. The lowest BCUT2D eigenvalue weighted by Crippen LogP contribution is -1.94. The molecule has 0 radical (unpaired) electrons. The number of hydrogen-bond donors (Lipinski definition) is 1. The molecule has 0 aromatic heterocycles. The Morgan fingerprint density at radius 1 is 0.615 bits per heavy atom. The number of rotatable bonds is 22. The van der Waals surface area contributed by atoms with E-state index in [1.165, 1.54) is 107 Å². The molecule has 1 unspecified atom stereocenters. The van der Waals surface area contributed by atoms with Gasteiger partial charge in [0.25, 0.3) is 0 Å². The highest BCUT2D eigenvalue weighted by atomic mass is 127. The number of unbranched alkanes of at least 4 members (excludes halogenated alkanes) is 16. The van der Waals surface area contributed by atoms with Crippen LogP contribution in [-0.4, -0.2) is 22.1 Å². The van der Waals surface area contributed by atoms with Gasteiger partial charge in [-0.25, -0.2) is 0 Å². The summed E-state index contributed by atoms with van der Waals surface area (Å²) in [6.45, 7) is 3.03. The minimum atomic E-state index is -1.15. The standard InChI is InChI=1S/C22H46IO2P/c1-2-3-4-5-6-7-9-12-15-18-21-25-26(24)22-19-16-13-10-8-11-14-17-20-23/h24H,2-22H2,1H3. The van der Waals surface area contributed by atoms with Crippen molar-refractivity contribution < 1.29 is 9.42 Å². The molecule has 0 spiro atoms. The van der Waals surface area contributed by atoms with Crippen LogP contribution in [0.5, 0.6) is 0 Å². The Hall–Kier alpha value is 1.08. The largest absolute Gasteiger partial charge is 0.350 e. The van der Waals surface area contributed by atoms with E-state index in [4.69, 9.17) is 4.52 Å². The van der Waals surface area contributed by atoms with Crippen LogP contribution >= 0.6 is 31.0 Å². The Balaban J connectivity index is 3.12. The smallest absolute Gasteiger partial charge is 0.167 e. The molecule has 4 heteroatoms. The highest BCUT2D eigenvalue weighted by Gasteiger charge is 2.04. The first-order valence-corrected chi connectivity index (χ1v) is 14.4. The van der Waals surface area contributed by atoms with E-state index in [1.54, 1.807) is 0 Å². The summed E-state index contributed by atoms with van der Waals surface area (Å²) >= 11 is 2.46. The minimum Gasteiger partial charge on any atom is -0.350 e. The molecule has 0 saturated carbocycles. The van der Waals surface area contributed by atoms with Gasteiger partial charge in [0.1, 0.15) is 0 Å². The summed E-state index contributed by atoms with van der Waals surface area (Å²) in [5, 5.41) is 0. The van der Waals surface area contributed by atoms with Crippen molar-refractivity contribution in [2.45, 2.75) is 122 Å². The zero-order valence-corrected chi connectivity index (χ0v) is 20.6. The lowest BCUT2D eigenvalue weighted by atomic mass is 10.1. The second-order valence-electron chi connectivity index (χ2n) is 7.61. The fourth-order valence-electron chi connectivity index (χ4n) is 3.23. The van der Waals surface area contributed by atoms with Crippen molar-refractivity contribution in [1.29, 1.82) is 0 Å². The molecule has 0 aliphatic carbocycles. The third kappa shape index (κ3) is 23.1. The van der Waals surface area contributed by atoms with Crippen molar-refractivity contribution in [3.05, 3.63) is 0 Å². The normalized spacial score (nSPS) is 12.6. The zero-order valence-electron chi connectivity index (χ0n) is 17.5. The molecule has 26 heavy (non-hydrogen) atoms. The van der Waals surface area contributed by atoms with E-state index in [0.29, 0.717) is 0 Å². The van der Waals surface area contributed by atoms with E-state index in [-0.39, 0.29) is 0 Å². The van der Waals surface area contributed by atoms with E-state index < -0.39 is 8.38 Å². The number of alkyl halides is 1. The Bertz CT molecular complexity index is 254. The van der Waals surface area contributed by atoms with E-state index >= 15 is 0 Å². The van der Waals surface area contributed by atoms with E-state index in [2.05, 4.69) is 29.5 Å². The SMILES string of the molecule is CCCCCCCCCCCCOP(O)CCCCCCCCCCI. The van der Waals surface area contributed by atoms with Crippen LogP contribution in [0.25, 0.3) is 0 Å². The minimum absolute atomic E-state index is 0.759. The molecule has 0 rings (SSSR count). The van der Waals surface area contributed by atoms with Gasteiger partial charge in [0, 0.05) is 6.16 Å². The molecular weight excluding hydrogens is 454 g/mol. The Morgan fingerprint density at radius 3 is 1.54 bits per heavy atom. The fraction of sp³-hybridized carbons (Fsp3) is 1.00. The molecular formula is C22H46IO2P. The van der Waals surface area contributed by atoms with E-state index in [9.17, 15) is 4.89 Å². The highest BCUT2D eigenvalue weighted by molar-refractivity contribution is 14.1. The van der Waals surface area contributed by atoms with Crippen LogP contribution in [0.3, 0.4) is 0 Å². The molecule has 0 fully saturated rings.